The van der Waals surface area contributed by atoms with Gasteiger partial charge in [-0.15, -0.1) is 0 Å². The van der Waals surface area contributed by atoms with Crippen LogP contribution in [0, 0.1) is 12.7 Å². The monoisotopic (exact) mass is 577 g/mol. The molecule has 6 rings (SSSR count). The Hall–Kier alpha value is -5.09. The number of hydrogen-bond donors (Lipinski definition) is 3. The zero-order valence-corrected chi connectivity index (χ0v) is 23.8. The number of nitrogens with one attached hydrogen (secondary N) is 2. The number of nitrogen functional groups attached to an aromatic ring is 1. The summed E-state index contributed by atoms with van der Waals surface area (Å²) >= 11 is 0. The number of likely N-dealkylation sites (tertiary alicyclic amines) is 1. The maximum Gasteiger partial charge on any atom is 0.323 e. The van der Waals surface area contributed by atoms with E-state index in [0.29, 0.717) is 27.8 Å². The van der Waals surface area contributed by atoms with Crippen LogP contribution >= 0.6 is 0 Å². The van der Waals surface area contributed by atoms with E-state index < -0.39 is 11.8 Å². The third-order valence-corrected chi connectivity index (χ3v) is 7.84. The molecule has 4 N–H and O–H groups in total. The molecule has 1 fully saturated rings. The number of aromatic nitrogens is 3. The van der Waals surface area contributed by atoms with Gasteiger partial charge in [0.25, 0.3) is 0 Å². The van der Waals surface area contributed by atoms with Gasteiger partial charge in [0, 0.05) is 43.1 Å². The van der Waals surface area contributed by atoms with E-state index >= 15 is 0 Å². The number of halogens is 1. The number of nitrogens with zero attached hydrogens (tertiary/aromatic N) is 4. The zero-order chi connectivity index (χ0) is 29.9. The number of hydrogen-bond acceptors (Lipinski definition) is 6. The van der Waals surface area contributed by atoms with Crippen molar-refractivity contribution < 1.29 is 14.0 Å². The van der Waals surface area contributed by atoms with Crippen LogP contribution in [0.4, 0.5) is 26.4 Å². The number of amides is 2. The van der Waals surface area contributed by atoms with E-state index in [2.05, 4.69) is 54.3 Å². The standard InChI is InChI=1S/C33H32FN7O2/c1-21-10-11-27(34)28(16-21)39-33(43)38-24-9-5-8-23(17-24)30(42)26-19-41(32-29(26)31(35)36-20-37-32)25-12-14-40(15-13-25)18-22-6-3-2-4-7-22/h2-11,16-17,19-20,25H,12-15,18H2,1H3,(H2,35,36,37)(H2,38,39,43). The molecule has 0 saturated carbocycles. The third kappa shape index (κ3) is 6.09. The molecule has 3 aromatic carbocycles. The van der Waals surface area contributed by atoms with Crippen LogP contribution in [0.3, 0.4) is 0 Å². The summed E-state index contributed by atoms with van der Waals surface area (Å²) in [6.45, 7) is 4.55. The maximum atomic E-state index is 14.1. The number of aryl methyl sites for hydroxylation is 1. The Bertz CT molecular complexity index is 1800. The van der Waals surface area contributed by atoms with Gasteiger partial charge >= 0.3 is 6.03 Å². The minimum atomic E-state index is -0.623. The average Bonchev–Trinajstić information content (AvgIpc) is 3.41. The Morgan fingerprint density at radius 3 is 2.56 bits per heavy atom. The number of benzene rings is 3. The first-order chi connectivity index (χ1) is 20.9. The molecule has 1 aliphatic rings. The second-order valence-electron chi connectivity index (χ2n) is 10.9. The molecular formula is C33H32FN7O2. The van der Waals surface area contributed by atoms with Crippen molar-refractivity contribution in [3.63, 3.8) is 0 Å². The largest absolute Gasteiger partial charge is 0.383 e. The normalized spacial score (nSPS) is 14.1. The Morgan fingerprint density at radius 1 is 0.977 bits per heavy atom. The predicted octanol–water partition coefficient (Wildman–Crippen LogP) is 6.17. The summed E-state index contributed by atoms with van der Waals surface area (Å²) < 4.78 is 16.2. The van der Waals surface area contributed by atoms with Crippen molar-refractivity contribution in [2.24, 2.45) is 0 Å². The zero-order valence-electron chi connectivity index (χ0n) is 23.8. The summed E-state index contributed by atoms with van der Waals surface area (Å²) in [6.07, 6.45) is 5.07. The number of anilines is 3. The number of fused-ring (bicyclic) bond motifs is 1. The molecule has 10 heteroatoms. The highest BCUT2D eigenvalue weighted by Gasteiger charge is 2.27. The lowest BCUT2D eigenvalue weighted by molar-refractivity contribution is 0.103. The molecule has 2 amide bonds. The minimum Gasteiger partial charge on any atom is -0.383 e. The number of carbonyl (C=O) groups excluding carboxylic acids is 2. The van der Waals surface area contributed by atoms with Gasteiger partial charge in [0.05, 0.1) is 16.6 Å². The van der Waals surface area contributed by atoms with Crippen molar-refractivity contribution >= 4 is 40.0 Å². The molecule has 3 heterocycles. The van der Waals surface area contributed by atoms with Crippen molar-refractivity contribution in [3.8, 4) is 0 Å². The van der Waals surface area contributed by atoms with Crippen LogP contribution in [0.2, 0.25) is 0 Å². The van der Waals surface area contributed by atoms with Crippen molar-refractivity contribution in [3.05, 3.63) is 113 Å². The summed E-state index contributed by atoms with van der Waals surface area (Å²) in [4.78, 5) is 37.6. The molecule has 218 valence electrons. The van der Waals surface area contributed by atoms with Gasteiger partial charge in [-0.05, 0) is 55.2 Å². The smallest absolute Gasteiger partial charge is 0.323 e. The second kappa shape index (κ2) is 12.0. The molecule has 9 nitrogen and oxygen atoms in total. The van der Waals surface area contributed by atoms with Crippen molar-refractivity contribution in [2.75, 3.05) is 29.5 Å². The minimum absolute atomic E-state index is 0.0684. The molecular weight excluding hydrogens is 545 g/mol. The summed E-state index contributed by atoms with van der Waals surface area (Å²) in [7, 11) is 0. The number of ketones is 1. The van der Waals surface area contributed by atoms with Gasteiger partial charge in [0.1, 0.15) is 23.6 Å². The topological polar surface area (TPSA) is 118 Å². The molecule has 5 aromatic rings. The van der Waals surface area contributed by atoms with E-state index in [1.165, 1.54) is 18.0 Å². The van der Waals surface area contributed by atoms with E-state index in [4.69, 9.17) is 5.73 Å². The molecule has 43 heavy (non-hydrogen) atoms. The van der Waals surface area contributed by atoms with Gasteiger partial charge in [0.15, 0.2) is 5.78 Å². The lowest BCUT2D eigenvalue weighted by Crippen LogP contribution is -2.34. The van der Waals surface area contributed by atoms with Gasteiger partial charge in [-0.3, -0.25) is 9.69 Å². The SMILES string of the molecule is Cc1ccc(F)c(NC(=O)Nc2cccc(C(=O)c3cn(C4CCN(Cc5ccccc5)CC4)c4ncnc(N)c34)c2)c1. The fourth-order valence-electron chi connectivity index (χ4n) is 5.67. The molecule has 2 aromatic heterocycles. The van der Waals surface area contributed by atoms with E-state index in [1.54, 1.807) is 43.3 Å². The number of urea groups is 1. The van der Waals surface area contributed by atoms with E-state index in [9.17, 15) is 14.0 Å². The van der Waals surface area contributed by atoms with E-state index in [-0.39, 0.29) is 23.3 Å². The van der Waals surface area contributed by atoms with Crippen molar-refractivity contribution in [1.29, 1.82) is 0 Å². The summed E-state index contributed by atoms with van der Waals surface area (Å²) in [5, 5.41) is 5.72. The van der Waals surface area contributed by atoms with Gasteiger partial charge in [-0.2, -0.15) is 0 Å². The number of carbonyl (C=O) groups is 2. The highest BCUT2D eigenvalue weighted by molar-refractivity contribution is 6.18. The molecule has 0 spiro atoms. The first-order valence-electron chi connectivity index (χ1n) is 14.2. The van der Waals surface area contributed by atoms with E-state index in [1.807, 2.05) is 12.3 Å². The number of rotatable bonds is 7. The van der Waals surface area contributed by atoms with Crippen LogP contribution < -0.4 is 16.4 Å². The Labute approximate surface area is 248 Å². The molecule has 0 bridgehead atoms. The fourth-order valence-corrected chi connectivity index (χ4v) is 5.67. The Kier molecular flexibility index (Phi) is 7.84. The molecule has 0 unspecified atom stereocenters. The van der Waals surface area contributed by atoms with Crippen LogP contribution in [-0.4, -0.2) is 44.3 Å². The van der Waals surface area contributed by atoms with Crippen LogP contribution in [-0.2, 0) is 6.54 Å². The van der Waals surface area contributed by atoms with Gasteiger partial charge in [-0.25, -0.2) is 19.2 Å². The Morgan fingerprint density at radius 2 is 1.77 bits per heavy atom. The average molecular weight is 578 g/mol. The highest BCUT2D eigenvalue weighted by atomic mass is 19.1. The lowest BCUT2D eigenvalue weighted by Gasteiger charge is -2.33. The van der Waals surface area contributed by atoms with Gasteiger partial charge < -0.3 is 20.9 Å². The molecule has 1 saturated heterocycles. The Balaban J connectivity index is 1.21. The summed E-state index contributed by atoms with van der Waals surface area (Å²) in [6, 6.07) is 21.0. The first-order valence-corrected chi connectivity index (χ1v) is 14.2. The summed E-state index contributed by atoms with van der Waals surface area (Å²) in [5.41, 5.74) is 10.2. The van der Waals surface area contributed by atoms with Crippen LogP contribution in [0.25, 0.3) is 11.0 Å². The molecule has 0 atom stereocenters. The third-order valence-electron chi connectivity index (χ3n) is 7.84. The van der Waals surface area contributed by atoms with E-state index in [0.717, 1.165) is 38.0 Å². The summed E-state index contributed by atoms with van der Waals surface area (Å²) in [5.74, 6) is -0.564. The number of piperidine rings is 1. The molecule has 1 aliphatic heterocycles. The van der Waals surface area contributed by atoms with Crippen molar-refractivity contribution in [2.45, 2.75) is 32.4 Å². The molecule has 0 radical (unpaired) electrons. The maximum absolute atomic E-state index is 14.1. The van der Waals surface area contributed by atoms with Gasteiger partial charge in [-0.1, -0.05) is 48.5 Å². The van der Waals surface area contributed by atoms with Crippen LogP contribution in [0.15, 0.2) is 85.3 Å². The second-order valence-corrected chi connectivity index (χ2v) is 10.9. The number of nitrogens with two attached hydrogens (primary N) is 1. The van der Waals surface area contributed by atoms with Gasteiger partial charge in [0.2, 0.25) is 0 Å². The molecule has 0 aliphatic carbocycles. The predicted molar refractivity (Wildman–Crippen MR) is 166 cm³/mol. The quantitative estimate of drug-likeness (QED) is 0.199. The van der Waals surface area contributed by atoms with Crippen molar-refractivity contribution in [1.82, 2.24) is 19.4 Å². The first kappa shape index (κ1) is 28.0. The highest BCUT2D eigenvalue weighted by Crippen LogP contribution is 2.33. The lowest BCUT2D eigenvalue weighted by atomic mass is 10.0. The van der Waals surface area contributed by atoms with Crippen LogP contribution in [0.1, 0.15) is 45.9 Å². The van der Waals surface area contributed by atoms with Crippen LogP contribution in [0.5, 0.6) is 0 Å². The fraction of sp³-hybridized carbons (Fsp3) is 0.212.